The summed E-state index contributed by atoms with van der Waals surface area (Å²) in [4.78, 5) is 13.6. The number of anilines is 1. The summed E-state index contributed by atoms with van der Waals surface area (Å²) in [6.07, 6.45) is 1.64. The number of carbonyl (C=O) groups is 1. The van der Waals surface area contributed by atoms with Gasteiger partial charge >= 0.3 is 0 Å². The average molecular weight is 270 g/mol. The van der Waals surface area contributed by atoms with Crippen LogP contribution in [0.25, 0.3) is 0 Å². The van der Waals surface area contributed by atoms with E-state index in [-0.39, 0.29) is 12.5 Å². The Morgan fingerprint density at radius 2 is 2.15 bits per heavy atom. The summed E-state index contributed by atoms with van der Waals surface area (Å²) >= 11 is 0. The maximum Gasteiger partial charge on any atom is 0.248 e. The predicted molar refractivity (Wildman–Crippen MR) is 72.5 cm³/mol. The molecule has 102 valence electrons. The van der Waals surface area contributed by atoms with Crippen LogP contribution in [0, 0.1) is 11.3 Å². The molecule has 1 heterocycles. The summed E-state index contributed by atoms with van der Waals surface area (Å²) in [6, 6.07) is 8.82. The van der Waals surface area contributed by atoms with E-state index in [0.717, 1.165) is 0 Å². The second kappa shape index (κ2) is 5.95. The fourth-order valence-corrected chi connectivity index (χ4v) is 1.66. The quantitative estimate of drug-likeness (QED) is 0.859. The molecule has 2 aromatic rings. The largest absolute Gasteiger partial charge is 0.325 e. The number of amides is 1. The SMILES string of the molecule is CN(C(=O)Cn1cc(CN)nn1)c1ccc(C#N)cc1. The molecule has 0 atom stereocenters. The minimum atomic E-state index is -0.136. The maximum absolute atomic E-state index is 12.1. The molecule has 0 unspecified atom stereocenters. The lowest BCUT2D eigenvalue weighted by Gasteiger charge is -2.17. The smallest absolute Gasteiger partial charge is 0.248 e. The van der Waals surface area contributed by atoms with Crippen LogP contribution < -0.4 is 10.6 Å². The Hall–Kier alpha value is -2.72. The van der Waals surface area contributed by atoms with Gasteiger partial charge in [0.1, 0.15) is 6.54 Å². The molecule has 1 aromatic heterocycles. The van der Waals surface area contributed by atoms with Gasteiger partial charge in [0.2, 0.25) is 5.91 Å². The summed E-state index contributed by atoms with van der Waals surface area (Å²) in [5.74, 6) is -0.136. The molecule has 7 nitrogen and oxygen atoms in total. The topological polar surface area (TPSA) is 101 Å². The number of aromatic nitrogens is 3. The molecule has 0 saturated carbocycles. The summed E-state index contributed by atoms with van der Waals surface area (Å²) in [5.41, 5.74) is 7.34. The first-order valence-electron chi connectivity index (χ1n) is 6.00. The summed E-state index contributed by atoms with van der Waals surface area (Å²) in [5, 5.41) is 16.4. The molecular weight excluding hydrogens is 256 g/mol. The molecule has 0 fully saturated rings. The number of hydrogen-bond donors (Lipinski definition) is 1. The molecule has 2 rings (SSSR count). The summed E-state index contributed by atoms with van der Waals surface area (Å²) < 4.78 is 1.45. The molecule has 0 aliphatic carbocycles. The number of hydrogen-bond acceptors (Lipinski definition) is 5. The van der Waals surface area contributed by atoms with Gasteiger partial charge in [-0.2, -0.15) is 5.26 Å². The number of nitrogens with two attached hydrogens (primary N) is 1. The highest BCUT2D eigenvalue weighted by molar-refractivity contribution is 5.92. The van der Waals surface area contributed by atoms with Gasteiger partial charge in [-0.1, -0.05) is 5.21 Å². The zero-order valence-electron chi connectivity index (χ0n) is 11.0. The molecule has 0 aliphatic rings. The van der Waals surface area contributed by atoms with Crippen LogP contribution in [0.15, 0.2) is 30.5 Å². The van der Waals surface area contributed by atoms with Crippen LogP contribution in [0.4, 0.5) is 5.69 Å². The van der Waals surface area contributed by atoms with Crippen LogP contribution in [-0.2, 0) is 17.9 Å². The third-order valence-corrected chi connectivity index (χ3v) is 2.85. The predicted octanol–water partition coefficient (Wildman–Crippen LogP) is 0.271. The van der Waals surface area contributed by atoms with Gasteiger partial charge in [0, 0.05) is 19.3 Å². The van der Waals surface area contributed by atoms with E-state index in [4.69, 9.17) is 11.0 Å². The van der Waals surface area contributed by atoms with Gasteiger partial charge in [-0.25, -0.2) is 4.68 Å². The second-order valence-electron chi connectivity index (χ2n) is 4.22. The molecule has 2 N–H and O–H groups in total. The Balaban J connectivity index is 2.06. The van der Waals surface area contributed by atoms with E-state index in [1.165, 1.54) is 9.58 Å². The van der Waals surface area contributed by atoms with Gasteiger partial charge in [0.05, 0.1) is 23.5 Å². The van der Waals surface area contributed by atoms with Crippen molar-refractivity contribution in [3.63, 3.8) is 0 Å². The van der Waals surface area contributed by atoms with Crippen molar-refractivity contribution in [1.82, 2.24) is 15.0 Å². The Bertz CT molecular complexity index is 640. The fourth-order valence-electron chi connectivity index (χ4n) is 1.66. The highest BCUT2D eigenvalue weighted by Crippen LogP contribution is 2.13. The number of likely N-dealkylation sites (N-methyl/N-ethyl adjacent to an activating group) is 1. The average Bonchev–Trinajstić information content (AvgIpc) is 2.94. The number of nitrogens with zero attached hydrogens (tertiary/aromatic N) is 5. The van der Waals surface area contributed by atoms with Crippen molar-refractivity contribution in [2.24, 2.45) is 5.73 Å². The van der Waals surface area contributed by atoms with E-state index in [2.05, 4.69) is 10.3 Å². The zero-order valence-corrected chi connectivity index (χ0v) is 11.0. The molecule has 20 heavy (non-hydrogen) atoms. The van der Waals surface area contributed by atoms with Crippen molar-refractivity contribution in [3.8, 4) is 6.07 Å². The van der Waals surface area contributed by atoms with Crippen molar-refractivity contribution >= 4 is 11.6 Å². The van der Waals surface area contributed by atoms with Crippen LogP contribution in [0.3, 0.4) is 0 Å². The number of nitriles is 1. The monoisotopic (exact) mass is 270 g/mol. The van der Waals surface area contributed by atoms with E-state index in [1.807, 2.05) is 6.07 Å². The Labute approximate surface area is 116 Å². The lowest BCUT2D eigenvalue weighted by Crippen LogP contribution is -2.30. The van der Waals surface area contributed by atoms with Gasteiger partial charge < -0.3 is 10.6 Å². The van der Waals surface area contributed by atoms with E-state index in [1.54, 1.807) is 37.5 Å². The standard InChI is InChI=1S/C13H14N6O/c1-18(12-4-2-10(6-14)3-5-12)13(20)9-19-8-11(7-15)16-17-19/h2-5,8H,7,9,15H2,1H3. The summed E-state index contributed by atoms with van der Waals surface area (Å²) in [7, 11) is 1.67. The fraction of sp³-hybridized carbons (Fsp3) is 0.231. The van der Waals surface area contributed by atoms with Crippen molar-refractivity contribution < 1.29 is 4.79 Å². The molecule has 0 aliphatic heterocycles. The van der Waals surface area contributed by atoms with Crippen molar-refractivity contribution in [2.75, 3.05) is 11.9 Å². The first kappa shape index (κ1) is 13.7. The minimum Gasteiger partial charge on any atom is -0.325 e. The molecule has 0 bridgehead atoms. The maximum atomic E-state index is 12.1. The van der Waals surface area contributed by atoms with Gasteiger partial charge in [-0.05, 0) is 24.3 Å². The van der Waals surface area contributed by atoms with E-state index < -0.39 is 0 Å². The second-order valence-corrected chi connectivity index (χ2v) is 4.22. The molecular formula is C13H14N6O. The molecule has 7 heteroatoms. The summed E-state index contributed by atoms with van der Waals surface area (Å²) in [6.45, 7) is 0.378. The third-order valence-electron chi connectivity index (χ3n) is 2.85. The van der Waals surface area contributed by atoms with Gasteiger partial charge in [0.15, 0.2) is 0 Å². The van der Waals surface area contributed by atoms with Crippen molar-refractivity contribution in [2.45, 2.75) is 13.1 Å². The van der Waals surface area contributed by atoms with E-state index in [0.29, 0.717) is 23.5 Å². The molecule has 0 spiro atoms. The van der Waals surface area contributed by atoms with Gasteiger partial charge in [-0.3, -0.25) is 4.79 Å². The third kappa shape index (κ3) is 2.99. The van der Waals surface area contributed by atoms with Crippen LogP contribution in [0.1, 0.15) is 11.3 Å². The molecule has 0 saturated heterocycles. The van der Waals surface area contributed by atoms with Crippen LogP contribution >= 0.6 is 0 Å². The lowest BCUT2D eigenvalue weighted by molar-refractivity contribution is -0.119. The Morgan fingerprint density at radius 1 is 1.45 bits per heavy atom. The molecule has 0 radical (unpaired) electrons. The van der Waals surface area contributed by atoms with E-state index in [9.17, 15) is 4.79 Å². The van der Waals surface area contributed by atoms with Crippen molar-refractivity contribution in [3.05, 3.63) is 41.7 Å². The van der Waals surface area contributed by atoms with Crippen LogP contribution in [0.5, 0.6) is 0 Å². The number of benzene rings is 1. The van der Waals surface area contributed by atoms with Gasteiger partial charge in [-0.15, -0.1) is 5.10 Å². The zero-order chi connectivity index (χ0) is 14.5. The van der Waals surface area contributed by atoms with E-state index >= 15 is 0 Å². The first-order chi connectivity index (χ1) is 9.63. The lowest BCUT2D eigenvalue weighted by atomic mass is 10.2. The van der Waals surface area contributed by atoms with Crippen molar-refractivity contribution in [1.29, 1.82) is 5.26 Å². The number of rotatable bonds is 4. The Morgan fingerprint density at radius 3 is 2.70 bits per heavy atom. The molecule has 1 aromatic carbocycles. The highest BCUT2D eigenvalue weighted by atomic mass is 16.2. The molecule has 1 amide bonds. The first-order valence-corrected chi connectivity index (χ1v) is 6.00. The minimum absolute atomic E-state index is 0.0868. The van der Waals surface area contributed by atoms with Crippen LogP contribution in [0.2, 0.25) is 0 Å². The highest BCUT2D eigenvalue weighted by Gasteiger charge is 2.12. The number of carbonyl (C=O) groups excluding carboxylic acids is 1. The van der Waals surface area contributed by atoms with Crippen LogP contribution in [-0.4, -0.2) is 27.9 Å². The Kier molecular flexibility index (Phi) is 4.08. The van der Waals surface area contributed by atoms with Gasteiger partial charge in [0.25, 0.3) is 0 Å². The normalized spacial score (nSPS) is 10.1.